The molecule has 0 atom stereocenters. The number of amides is 1. The van der Waals surface area contributed by atoms with Gasteiger partial charge in [-0.05, 0) is 32.0 Å². The number of nitro groups is 1. The molecule has 0 aliphatic carbocycles. The van der Waals surface area contributed by atoms with E-state index in [1.165, 1.54) is 12.1 Å². The topological polar surface area (TPSA) is 84.7 Å². The van der Waals surface area contributed by atoms with Crippen LogP contribution in [-0.2, 0) is 4.79 Å². The minimum absolute atomic E-state index is 0.120. The molecule has 1 N–H and O–H groups in total. The summed E-state index contributed by atoms with van der Waals surface area (Å²) in [4.78, 5) is 24.1. The van der Waals surface area contributed by atoms with Gasteiger partial charge in [-0.25, -0.2) is 0 Å². The van der Waals surface area contributed by atoms with Gasteiger partial charge in [-0.3, -0.25) is 14.9 Å². The summed E-state index contributed by atoms with van der Waals surface area (Å²) in [6, 6.07) is 6.26. The van der Waals surface area contributed by atoms with Crippen LogP contribution in [0.25, 0.3) is 0 Å². The zero-order valence-corrected chi connectivity index (χ0v) is 11.9. The van der Waals surface area contributed by atoms with Crippen LogP contribution in [0.3, 0.4) is 0 Å². The molecule has 1 aliphatic rings. The van der Waals surface area contributed by atoms with E-state index in [0.717, 1.165) is 25.9 Å². The molecule has 2 rings (SSSR count). The fraction of sp³-hybridized carbons (Fsp3) is 0.500. The molecule has 7 nitrogen and oxygen atoms in total. The Kier molecular flexibility index (Phi) is 5.10. The molecule has 1 heterocycles. The minimum atomic E-state index is -0.518. The van der Waals surface area contributed by atoms with Gasteiger partial charge in [0.1, 0.15) is 0 Å². The number of likely N-dealkylation sites (N-methyl/N-ethyl adjacent to an activating group) is 1. The Hall–Kier alpha value is -2.15. The Balaban J connectivity index is 1.93. The number of hydrogen-bond acceptors (Lipinski definition) is 5. The van der Waals surface area contributed by atoms with E-state index in [2.05, 4.69) is 5.32 Å². The Labute approximate surface area is 123 Å². The van der Waals surface area contributed by atoms with Crippen LogP contribution < -0.4 is 10.1 Å². The highest BCUT2D eigenvalue weighted by Gasteiger charge is 2.23. The van der Waals surface area contributed by atoms with Gasteiger partial charge in [-0.1, -0.05) is 12.1 Å². The van der Waals surface area contributed by atoms with E-state index in [9.17, 15) is 14.9 Å². The predicted molar refractivity (Wildman–Crippen MR) is 77.3 cm³/mol. The van der Waals surface area contributed by atoms with Crippen LogP contribution in [0.5, 0.6) is 5.75 Å². The van der Waals surface area contributed by atoms with Crippen LogP contribution in [-0.4, -0.2) is 48.5 Å². The van der Waals surface area contributed by atoms with Gasteiger partial charge in [-0.2, -0.15) is 0 Å². The first-order valence-corrected chi connectivity index (χ1v) is 6.92. The van der Waals surface area contributed by atoms with Crippen molar-refractivity contribution in [3.8, 4) is 5.75 Å². The Bertz CT molecular complexity index is 515. The van der Waals surface area contributed by atoms with E-state index in [4.69, 9.17) is 4.74 Å². The Morgan fingerprint density at radius 2 is 2.10 bits per heavy atom. The molecule has 1 saturated heterocycles. The fourth-order valence-electron chi connectivity index (χ4n) is 2.37. The number of carbonyl (C=O) groups is 1. The first-order valence-electron chi connectivity index (χ1n) is 6.92. The minimum Gasteiger partial charge on any atom is -0.477 e. The van der Waals surface area contributed by atoms with Crippen molar-refractivity contribution in [1.29, 1.82) is 0 Å². The second kappa shape index (κ2) is 7.03. The molecule has 1 aliphatic heterocycles. The number of nitrogens with one attached hydrogen (secondary N) is 1. The quantitative estimate of drug-likeness (QED) is 0.651. The van der Waals surface area contributed by atoms with Gasteiger partial charge < -0.3 is 15.0 Å². The maximum absolute atomic E-state index is 12.1. The average Bonchev–Trinajstić information content (AvgIpc) is 2.52. The number of rotatable bonds is 5. The van der Waals surface area contributed by atoms with E-state index in [1.807, 2.05) is 0 Å². The maximum Gasteiger partial charge on any atom is 0.310 e. The van der Waals surface area contributed by atoms with E-state index in [-0.39, 0.29) is 30.0 Å². The molecule has 0 aromatic heterocycles. The van der Waals surface area contributed by atoms with Gasteiger partial charge >= 0.3 is 5.69 Å². The lowest BCUT2D eigenvalue weighted by Gasteiger charge is -2.31. The van der Waals surface area contributed by atoms with Crippen molar-refractivity contribution in [3.63, 3.8) is 0 Å². The molecule has 114 valence electrons. The molecular formula is C14H19N3O4. The normalized spacial score (nSPS) is 15.5. The number of nitro benzene ring substituents is 1. The number of piperidine rings is 1. The Morgan fingerprint density at radius 3 is 2.76 bits per heavy atom. The molecular weight excluding hydrogens is 274 g/mol. The highest BCUT2D eigenvalue weighted by Crippen LogP contribution is 2.25. The van der Waals surface area contributed by atoms with Gasteiger partial charge in [0.25, 0.3) is 5.91 Å². The van der Waals surface area contributed by atoms with Crippen LogP contribution in [0.1, 0.15) is 12.8 Å². The summed E-state index contributed by atoms with van der Waals surface area (Å²) in [5, 5.41) is 14.1. The SMILES string of the molecule is CN(C(=O)COc1ccccc1[N+](=O)[O-])C1CCNCC1. The summed E-state index contributed by atoms with van der Waals surface area (Å²) in [5.74, 6) is -0.0467. The highest BCUT2D eigenvalue weighted by molar-refractivity contribution is 5.78. The second-order valence-electron chi connectivity index (χ2n) is 5.00. The zero-order valence-electron chi connectivity index (χ0n) is 11.9. The van der Waals surface area contributed by atoms with Gasteiger partial charge in [0, 0.05) is 19.2 Å². The highest BCUT2D eigenvalue weighted by atomic mass is 16.6. The van der Waals surface area contributed by atoms with Gasteiger partial charge in [0.15, 0.2) is 12.4 Å². The molecule has 0 unspecified atom stereocenters. The Morgan fingerprint density at radius 1 is 1.43 bits per heavy atom. The molecule has 0 saturated carbocycles. The number of hydrogen-bond donors (Lipinski definition) is 1. The molecule has 1 aromatic rings. The smallest absolute Gasteiger partial charge is 0.310 e. The number of para-hydroxylation sites is 2. The van der Waals surface area contributed by atoms with E-state index < -0.39 is 4.92 Å². The fourth-order valence-corrected chi connectivity index (χ4v) is 2.37. The van der Waals surface area contributed by atoms with Crippen molar-refractivity contribution in [2.45, 2.75) is 18.9 Å². The lowest BCUT2D eigenvalue weighted by molar-refractivity contribution is -0.385. The third kappa shape index (κ3) is 3.91. The average molecular weight is 293 g/mol. The third-order valence-electron chi connectivity index (χ3n) is 3.66. The van der Waals surface area contributed by atoms with E-state index in [1.54, 1.807) is 24.1 Å². The van der Waals surface area contributed by atoms with E-state index >= 15 is 0 Å². The van der Waals surface area contributed by atoms with Gasteiger partial charge in [0.05, 0.1) is 4.92 Å². The van der Waals surface area contributed by atoms with Crippen LogP contribution >= 0.6 is 0 Å². The summed E-state index contributed by atoms with van der Waals surface area (Å²) < 4.78 is 5.32. The van der Waals surface area contributed by atoms with Crippen molar-refractivity contribution in [3.05, 3.63) is 34.4 Å². The largest absolute Gasteiger partial charge is 0.477 e. The predicted octanol–water partition coefficient (Wildman–Crippen LogP) is 1.18. The number of nitrogens with zero attached hydrogens (tertiary/aromatic N) is 2. The molecule has 1 aromatic carbocycles. The summed E-state index contributed by atoms with van der Waals surface area (Å²) in [6.45, 7) is 1.60. The van der Waals surface area contributed by atoms with Crippen LogP contribution in [0, 0.1) is 10.1 Å². The molecule has 0 spiro atoms. The summed E-state index contributed by atoms with van der Waals surface area (Å²) >= 11 is 0. The number of benzene rings is 1. The van der Waals surface area contributed by atoms with Crippen LogP contribution in [0.2, 0.25) is 0 Å². The van der Waals surface area contributed by atoms with Gasteiger partial charge in [0.2, 0.25) is 0 Å². The second-order valence-corrected chi connectivity index (χ2v) is 5.00. The monoisotopic (exact) mass is 293 g/mol. The van der Waals surface area contributed by atoms with Crippen molar-refractivity contribution in [1.82, 2.24) is 10.2 Å². The van der Waals surface area contributed by atoms with Crippen molar-refractivity contribution in [2.24, 2.45) is 0 Å². The first kappa shape index (κ1) is 15.2. The summed E-state index contributed by atoms with van der Waals surface area (Å²) in [7, 11) is 1.75. The molecule has 21 heavy (non-hydrogen) atoms. The van der Waals surface area contributed by atoms with Crippen molar-refractivity contribution < 1.29 is 14.5 Å². The van der Waals surface area contributed by atoms with Crippen LogP contribution in [0.15, 0.2) is 24.3 Å². The molecule has 0 bridgehead atoms. The van der Waals surface area contributed by atoms with Crippen molar-refractivity contribution in [2.75, 3.05) is 26.7 Å². The summed E-state index contributed by atoms with van der Waals surface area (Å²) in [6.07, 6.45) is 1.82. The third-order valence-corrected chi connectivity index (χ3v) is 3.66. The first-order chi connectivity index (χ1) is 10.1. The molecule has 1 fully saturated rings. The maximum atomic E-state index is 12.1. The number of ether oxygens (including phenoxy) is 1. The van der Waals surface area contributed by atoms with Gasteiger partial charge in [-0.15, -0.1) is 0 Å². The van der Waals surface area contributed by atoms with Crippen molar-refractivity contribution >= 4 is 11.6 Å². The lowest BCUT2D eigenvalue weighted by Crippen LogP contribution is -2.45. The lowest BCUT2D eigenvalue weighted by atomic mass is 10.1. The molecule has 0 radical (unpaired) electrons. The van der Waals surface area contributed by atoms with Crippen LogP contribution in [0.4, 0.5) is 5.69 Å². The molecule has 1 amide bonds. The standard InChI is InChI=1S/C14H19N3O4/c1-16(11-6-8-15-9-7-11)14(18)10-21-13-5-3-2-4-12(13)17(19)20/h2-5,11,15H,6-10H2,1H3. The summed E-state index contributed by atoms with van der Waals surface area (Å²) in [5.41, 5.74) is -0.130. The van der Waals surface area contributed by atoms with E-state index in [0.29, 0.717) is 0 Å². The molecule has 7 heteroatoms. The number of carbonyl (C=O) groups excluding carboxylic acids is 1. The zero-order chi connectivity index (χ0) is 15.2.